The van der Waals surface area contributed by atoms with E-state index in [0.717, 1.165) is 41.0 Å². The number of nitrogens with one attached hydrogen (secondary N) is 1. The molecule has 0 aromatic carbocycles. The molecule has 1 aromatic heterocycles. The van der Waals surface area contributed by atoms with Crippen molar-refractivity contribution in [3.63, 3.8) is 0 Å². The highest BCUT2D eigenvalue weighted by molar-refractivity contribution is 9.10. The van der Waals surface area contributed by atoms with Gasteiger partial charge in [0.25, 0.3) is 0 Å². The lowest BCUT2D eigenvalue weighted by Gasteiger charge is -2.16. The van der Waals surface area contributed by atoms with Crippen LogP contribution in [0, 0.1) is 11.8 Å². The summed E-state index contributed by atoms with van der Waals surface area (Å²) < 4.78 is 0.867. The summed E-state index contributed by atoms with van der Waals surface area (Å²) in [6.45, 7) is 5.46. The van der Waals surface area contributed by atoms with Gasteiger partial charge in [-0.25, -0.2) is 9.97 Å². The molecule has 4 heteroatoms. The number of hydrogen-bond donors (Lipinski definition) is 1. The Morgan fingerprint density at radius 1 is 1.41 bits per heavy atom. The van der Waals surface area contributed by atoms with Crippen molar-refractivity contribution in [1.82, 2.24) is 9.97 Å². The Bertz CT molecular complexity index is 381. The van der Waals surface area contributed by atoms with E-state index in [4.69, 9.17) is 0 Å². The molecule has 0 aliphatic heterocycles. The Morgan fingerprint density at radius 3 is 2.88 bits per heavy atom. The van der Waals surface area contributed by atoms with Crippen LogP contribution in [0.5, 0.6) is 0 Å². The summed E-state index contributed by atoms with van der Waals surface area (Å²) in [5, 5.41) is 3.45. The first-order valence-corrected chi connectivity index (χ1v) is 7.25. The van der Waals surface area contributed by atoms with E-state index in [0.29, 0.717) is 0 Å². The first-order chi connectivity index (χ1) is 8.19. The smallest absolute Gasteiger partial charge is 0.131 e. The lowest BCUT2D eigenvalue weighted by Crippen LogP contribution is -2.17. The molecule has 1 heterocycles. The number of halogens is 1. The van der Waals surface area contributed by atoms with Gasteiger partial charge in [0.2, 0.25) is 0 Å². The summed E-state index contributed by atoms with van der Waals surface area (Å²) >= 11 is 3.43. The van der Waals surface area contributed by atoms with Gasteiger partial charge in [0, 0.05) is 19.0 Å². The van der Waals surface area contributed by atoms with E-state index < -0.39 is 0 Å². The topological polar surface area (TPSA) is 37.8 Å². The third-order valence-electron chi connectivity index (χ3n) is 3.64. The third kappa shape index (κ3) is 3.41. The Labute approximate surface area is 112 Å². The minimum Gasteiger partial charge on any atom is -0.370 e. The van der Waals surface area contributed by atoms with Crippen molar-refractivity contribution in [2.24, 2.45) is 11.8 Å². The predicted octanol–water partition coefficient (Wildman–Crippen LogP) is 3.65. The highest BCUT2D eigenvalue weighted by atomic mass is 79.9. The van der Waals surface area contributed by atoms with E-state index in [2.05, 4.69) is 45.1 Å². The monoisotopic (exact) mass is 297 g/mol. The number of anilines is 1. The van der Waals surface area contributed by atoms with Gasteiger partial charge in [-0.3, -0.25) is 0 Å². The van der Waals surface area contributed by atoms with Crippen LogP contribution in [0.1, 0.15) is 38.9 Å². The number of rotatable bonds is 4. The van der Waals surface area contributed by atoms with E-state index in [1.807, 2.05) is 6.07 Å². The fourth-order valence-corrected chi connectivity index (χ4v) is 2.90. The van der Waals surface area contributed by atoms with Crippen LogP contribution in [0.2, 0.25) is 0 Å². The zero-order valence-electron chi connectivity index (χ0n) is 10.5. The maximum atomic E-state index is 4.49. The molecule has 0 radical (unpaired) electrons. The van der Waals surface area contributed by atoms with Crippen molar-refractivity contribution in [3.8, 4) is 0 Å². The molecule has 2 rings (SSSR count). The molecule has 0 saturated heterocycles. The normalized spacial score (nSPS) is 23.9. The minimum absolute atomic E-state index is 0.800. The highest BCUT2D eigenvalue weighted by Gasteiger charge is 2.22. The average molecular weight is 298 g/mol. The van der Waals surface area contributed by atoms with Gasteiger partial charge in [0.15, 0.2) is 0 Å². The van der Waals surface area contributed by atoms with E-state index in [1.165, 1.54) is 19.3 Å². The van der Waals surface area contributed by atoms with Crippen LogP contribution in [0.4, 0.5) is 5.82 Å². The van der Waals surface area contributed by atoms with Gasteiger partial charge in [0.05, 0.1) is 0 Å². The van der Waals surface area contributed by atoms with Crippen LogP contribution < -0.4 is 5.32 Å². The SMILES string of the molecule is CCc1nc(Br)cc(NCC2CCCC2C)n1. The quantitative estimate of drug-likeness (QED) is 0.862. The van der Waals surface area contributed by atoms with E-state index in [-0.39, 0.29) is 0 Å². The second-order valence-corrected chi connectivity index (χ2v) is 5.71. The van der Waals surface area contributed by atoms with Crippen LogP contribution in [-0.2, 0) is 6.42 Å². The molecule has 1 saturated carbocycles. The van der Waals surface area contributed by atoms with Gasteiger partial charge in [-0.15, -0.1) is 0 Å². The molecule has 17 heavy (non-hydrogen) atoms. The summed E-state index contributed by atoms with van der Waals surface area (Å²) in [7, 11) is 0. The second-order valence-electron chi connectivity index (χ2n) is 4.89. The molecular formula is C13H20BrN3. The Hall–Kier alpha value is -0.640. The van der Waals surface area contributed by atoms with Crippen molar-refractivity contribution < 1.29 is 0 Å². The van der Waals surface area contributed by atoms with Gasteiger partial charge in [-0.2, -0.15) is 0 Å². The number of aryl methyl sites for hydroxylation is 1. The second kappa shape index (κ2) is 5.80. The zero-order chi connectivity index (χ0) is 12.3. The molecule has 1 aliphatic carbocycles. The van der Waals surface area contributed by atoms with E-state index in [9.17, 15) is 0 Å². The van der Waals surface area contributed by atoms with Crippen molar-refractivity contribution in [3.05, 3.63) is 16.5 Å². The number of nitrogens with zero attached hydrogens (tertiary/aromatic N) is 2. The fourth-order valence-electron chi connectivity index (χ4n) is 2.47. The van der Waals surface area contributed by atoms with E-state index in [1.54, 1.807) is 0 Å². The average Bonchev–Trinajstić information content (AvgIpc) is 2.71. The minimum atomic E-state index is 0.800. The van der Waals surface area contributed by atoms with Crippen molar-refractivity contribution in [1.29, 1.82) is 0 Å². The van der Waals surface area contributed by atoms with Gasteiger partial charge in [-0.1, -0.05) is 26.7 Å². The maximum Gasteiger partial charge on any atom is 0.131 e. The lowest BCUT2D eigenvalue weighted by atomic mass is 9.98. The van der Waals surface area contributed by atoms with Crippen LogP contribution >= 0.6 is 15.9 Å². The van der Waals surface area contributed by atoms with Crippen molar-refractivity contribution in [2.45, 2.75) is 39.5 Å². The standard InChI is InChI=1S/C13H20BrN3/c1-3-12-16-11(14)7-13(17-12)15-8-10-6-4-5-9(10)2/h7,9-10H,3-6,8H2,1-2H3,(H,15,16,17). The van der Waals surface area contributed by atoms with Crippen LogP contribution in [0.15, 0.2) is 10.7 Å². The molecule has 1 aromatic rings. The molecule has 3 nitrogen and oxygen atoms in total. The Kier molecular flexibility index (Phi) is 4.37. The molecule has 2 unspecified atom stereocenters. The molecule has 1 fully saturated rings. The Balaban J connectivity index is 1.96. The molecule has 2 atom stereocenters. The molecule has 0 bridgehead atoms. The summed E-state index contributed by atoms with van der Waals surface area (Å²) in [5.74, 6) is 3.48. The molecular weight excluding hydrogens is 278 g/mol. The maximum absolute atomic E-state index is 4.49. The summed E-state index contributed by atoms with van der Waals surface area (Å²) in [5.41, 5.74) is 0. The van der Waals surface area contributed by atoms with Crippen molar-refractivity contribution >= 4 is 21.7 Å². The zero-order valence-corrected chi connectivity index (χ0v) is 12.1. The summed E-state index contributed by atoms with van der Waals surface area (Å²) in [6, 6.07) is 1.96. The lowest BCUT2D eigenvalue weighted by molar-refractivity contribution is 0.439. The van der Waals surface area contributed by atoms with Gasteiger partial charge in [0.1, 0.15) is 16.2 Å². The summed E-state index contributed by atoms with van der Waals surface area (Å²) in [4.78, 5) is 8.80. The third-order valence-corrected chi connectivity index (χ3v) is 4.05. The fraction of sp³-hybridized carbons (Fsp3) is 0.692. The Morgan fingerprint density at radius 2 is 2.24 bits per heavy atom. The van der Waals surface area contributed by atoms with Gasteiger partial charge in [-0.05, 0) is 34.2 Å². The molecule has 0 spiro atoms. The molecule has 1 N–H and O–H groups in total. The first kappa shape index (κ1) is 12.8. The highest BCUT2D eigenvalue weighted by Crippen LogP contribution is 2.31. The molecule has 0 amide bonds. The number of hydrogen-bond acceptors (Lipinski definition) is 3. The summed E-state index contributed by atoms with van der Waals surface area (Å²) in [6.07, 6.45) is 4.97. The van der Waals surface area contributed by atoms with Crippen molar-refractivity contribution in [2.75, 3.05) is 11.9 Å². The predicted molar refractivity (Wildman–Crippen MR) is 74.1 cm³/mol. The van der Waals surface area contributed by atoms with Crippen LogP contribution in [0.25, 0.3) is 0 Å². The number of aromatic nitrogens is 2. The van der Waals surface area contributed by atoms with Gasteiger partial charge >= 0.3 is 0 Å². The van der Waals surface area contributed by atoms with E-state index >= 15 is 0 Å². The largest absolute Gasteiger partial charge is 0.370 e. The molecule has 94 valence electrons. The van der Waals surface area contributed by atoms with Crippen LogP contribution in [-0.4, -0.2) is 16.5 Å². The molecule has 1 aliphatic rings. The van der Waals surface area contributed by atoms with Crippen LogP contribution in [0.3, 0.4) is 0 Å². The first-order valence-electron chi connectivity index (χ1n) is 6.46. The van der Waals surface area contributed by atoms with Gasteiger partial charge < -0.3 is 5.32 Å².